The first-order chi connectivity index (χ1) is 21.3. The van der Waals surface area contributed by atoms with Crippen molar-refractivity contribution in [1.82, 2.24) is 14.5 Å². The van der Waals surface area contributed by atoms with E-state index in [9.17, 15) is 14.4 Å². The number of rotatable bonds is 7. The summed E-state index contributed by atoms with van der Waals surface area (Å²) >= 11 is 0. The van der Waals surface area contributed by atoms with Gasteiger partial charge in [-0.3, -0.25) is 14.5 Å². The molecule has 0 unspecified atom stereocenters. The first kappa shape index (κ1) is 28.1. The van der Waals surface area contributed by atoms with Crippen LogP contribution in [-0.4, -0.2) is 53.7 Å². The van der Waals surface area contributed by atoms with Crippen LogP contribution in [0.4, 0.5) is 0 Å². The quantitative estimate of drug-likeness (QED) is 0.257. The zero-order valence-corrected chi connectivity index (χ0v) is 25.0. The second kappa shape index (κ2) is 10.8. The van der Waals surface area contributed by atoms with Crippen LogP contribution in [0.5, 0.6) is 11.5 Å². The largest absolute Gasteiger partial charge is 0.493 e. The van der Waals surface area contributed by atoms with E-state index in [0.717, 1.165) is 35.0 Å². The second-order valence-electron chi connectivity index (χ2n) is 11.5. The molecule has 4 aromatic rings. The van der Waals surface area contributed by atoms with Crippen molar-refractivity contribution in [3.05, 3.63) is 86.7 Å². The highest BCUT2D eigenvalue weighted by molar-refractivity contribution is 5.88. The van der Waals surface area contributed by atoms with E-state index < -0.39 is 17.5 Å². The Morgan fingerprint density at radius 3 is 2.55 bits per heavy atom. The van der Waals surface area contributed by atoms with E-state index in [-0.39, 0.29) is 25.0 Å². The topological polar surface area (TPSA) is 109 Å². The lowest BCUT2D eigenvalue weighted by Gasteiger charge is -2.36. The van der Waals surface area contributed by atoms with Gasteiger partial charge in [0.1, 0.15) is 6.61 Å². The molecule has 0 saturated heterocycles. The third-order valence-corrected chi connectivity index (χ3v) is 9.10. The van der Waals surface area contributed by atoms with Gasteiger partial charge >= 0.3 is 11.9 Å². The minimum atomic E-state index is -1.71. The van der Waals surface area contributed by atoms with E-state index in [0.29, 0.717) is 53.6 Å². The normalized spacial score (nSPS) is 18.6. The fraction of sp³-hybridized carbons (Fsp3) is 0.353. The fourth-order valence-electron chi connectivity index (χ4n) is 6.71. The van der Waals surface area contributed by atoms with Gasteiger partial charge in [-0.15, -0.1) is 0 Å². The predicted octanol–water partition coefficient (Wildman–Crippen LogP) is 4.10. The number of hydrogen-bond acceptors (Lipinski definition) is 9. The van der Waals surface area contributed by atoms with Crippen LogP contribution in [0.15, 0.2) is 53.3 Å². The number of ether oxygens (including phenoxy) is 4. The molecule has 2 aromatic heterocycles. The fourth-order valence-corrected chi connectivity index (χ4v) is 6.71. The van der Waals surface area contributed by atoms with E-state index in [2.05, 4.69) is 4.90 Å². The summed E-state index contributed by atoms with van der Waals surface area (Å²) in [6, 6.07) is 15.6. The summed E-state index contributed by atoms with van der Waals surface area (Å²) < 4.78 is 24.1. The molecule has 0 aliphatic carbocycles. The number of fused-ring (bicyclic) bond motifs is 6. The molecule has 1 atom stereocenters. The lowest BCUT2D eigenvalue weighted by atomic mass is 9.85. The third kappa shape index (κ3) is 4.43. The molecular weight excluding hydrogens is 562 g/mol. The highest BCUT2D eigenvalue weighted by atomic mass is 16.6. The molecule has 226 valence electrons. The molecule has 0 bridgehead atoms. The summed E-state index contributed by atoms with van der Waals surface area (Å²) in [5.74, 6) is 0.175. The molecule has 5 heterocycles. The van der Waals surface area contributed by atoms with Crippen molar-refractivity contribution < 1.29 is 28.5 Å². The first-order valence-electron chi connectivity index (χ1n) is 14.9. The molecule has 44 heavy (non-hydrogen) atoms. The molecule has 0 spiro atoms. The minimum Gasteiger partial charge on any atom is -0.493 e. The molecule has 3 aliphatic rings. The van der Waals surface area contributed by atoms with Gasteiger partial charge in [-0.2, -0.15) is 0 Å². The van der Waals surface area contributed by atoms with Gasteiger partial charge in [0, 0.05) is 36.1 Å². The summed E-state index contributed by atoms with van der Waals surface area (Å²) in [6.45, 7) is 3.84. The lowest BCUT2D eigenvalue weighted by Crippen LogP contribution is -2.47. The van der Waals surface area contributed by atoms with E-state index >= 15 is 0 Å². The standard InChI is InChI=1S/C34H33N3O7/c1-4-34(44-30(38)10-12-36-11-9-20-14-28(41-2)29(42-3)15-22(20)17-36)25-16-27-31-23(13-21-7-5-6-8-26(21)35-31)18-37(27)32(39)24(25)19-43-33(34)40/h5-8,13-16H,4,9-12,17-19H2,1-3H3/t34-/m0/s1. The van der Waals surface area contributed by atoms with Crippen LogP contribution in [0.1, 0.15) is 47.6 Å². The summed E-state index contributed by atoms with van der Waals surface area (Å²) in [4.78, 5) is 47.5. The van der Waals surface area contributed by atoms with E-state index in [1.807, 2.05) is 42.5 Å². The van der Waals surface area contributed by atoms with Gasteiger partial charge in [0.2, 0.25) is 5.60 Å². The average molecular weight is 596 g/mol. The Balaban J connectivity index is 1.15. The SMILES string of the molecule is CC[C@@]1(OC(=O)CCN2CCc3cc(OC)c(OC)cc3C2)C(=O)OCc2c1cc1n(c2=O)Cc2cc3ccccc3nc2-1. The summed E-state index contributed by atoms with van der Waals surface area (Å²) in [6.07, 6.45) is 1.01. The smallest absolute Gasteiger partial charge is 0.355 e. The number of para-hydroxylation sites is 1. The van der Waals surface area contributed by atoms with Crippen molar-refractivity contribution in [2.24, 2.45) is 0 Å². The van der Waals surface area contributed by atoms with Crippen LogP contribution in [0.25, 0.3) is 22.3 Å². The minimum absolute atomic E-state index is 0.0767. The number of hydrogen-bond donors (Lipinski definition) is 0. The zero-order valence-electron chi connectivity index (χ0n) is 25.0. The molecule has 7 rings (SSSR count). The van der Waals surface area contributed by atoms with Crippen LogP contribution < -0.4 is 15.0 Å². The zero-order chi connectivity index (χ0) is 30.6. The second-order valence-corrected chi connectivity index (χ2v) is 11.5. The Morgan fingerprint density at radius 2 is 1.77 bits per heavy atom. The highest BCUT2D eigenvalue weighted by Gasteiger charge is 2.50. The number of carbonyl (C=O) groups is 2. The number of aromatic nitrogens is 2. The van der Waals surface area contributed by atoms with Gasteiger partial charge in [-0.25, -0.2) is 9.78 Å². The molecule has 0 N–H and O–H groups in total. The molecule has 10 heteroatoms. The Kier molecular flexibility index (Phi) is 6.88. The molecular formula is C34H33N3O7. The maximum absolute atomic E-state index is 13.8. The van der Waals surface area contributed by atoms with Gasteiger partial charge in [0.25, 0.3) is 5.56 Å². The average Bonchev–Trinajstić information content (AvgIpc) is 3.41. The molecule has 0 fully saturated rings. The van der Waals surface area contributed by atoms with Crippen molar-refractivity contribution in [1.29, 1.82) is 0 Å². The van der Waals surface area contributed by atoms with Crippen LogP contribution in [0.2, 0.25) is 0 Å². The van der Waals surface area contributed by atoms with E-state index in [4.69, 9.17) is 23.9 Å². The number of methoxy groups -OCH3 is 2. The number of pyridine rings is 2. The van der Waals surface area contributed by atoms with Gasteiger partial charge < -0.3 is 23.5 Å². The number of nitrogens with zero attached hydrogens (tertiary/aromatic N) is 3. The third-order valence-electron chi connectivity index (χ3n) is 9.10. The van der Waals surface area contributed by atoms with Gasteiger partial charge in [-0.05, 0) is 54.3 Å². The monoisotopic (exact) mass is 595 g/mol. The highest BCUT2D eigenvalue weighted by Crippen LogP contribution is 2.41. The number of esters is 2. The van der Waals surface area contributed by atoms with Crippen molar-refractivity contribution in [2.45, 2.75) is 51.5 Å². The Morgan fingerprint density at radius 1 is 1.00 bits per heavy atom. The maximum atomic E-state index is 13.8. The van der Waals surface area contributed by atoms with E-state index in [1.165, 1.54) is 5.56 Å². The predicted molar refractivity (Wildman–Crippen MR) is 162 cm³/mol. The molecule has 0 saturated carbocycles. The van der Waals surface area contributed by atoms with E-state index in [1.54, 1.807) is 31.8 Å². The molecule has 3 aliphatic heterocycles. The molecule has 0 radical (unpaired) electrons. The van der Waals surface area contributed by atoms with Crippen molar-refractivity contribution in [3.63, 3.8) is 0 Å². The van der Waals surface area contributed by atoms with Crippen molar-refractivity contribution in [3.8, 4) is 22.9 Å². The van der Waals surface area contributed by atoms with Crippen molar-refractivity contribution in [2.75, 3.05) is 27.3 Å². The van der Waals surface area contributed by atoms with Crippen molar-refractivity contribution >= 4 is 22.8 Å². The van der Waals surface area contributed by atoms with Crippen LogP contribution in [-0.2, 0) is 50.8 Å². The Labute approximate surface area is 254 Å². The molecule has 2 aromatic carbocycles. The Hall–Kier alpha value is -4.70. The Bertz CT molecular complexity index is 1900. The summed E-state index contributed by atoms with van der Waals surface area (Å²) in [5, 5.41) is 0.989. The number of cyclic esters (lactones) is 1. The summed E-state index contributed by atoms with van der Waals surface area (Å²) in [5.41, 5.74) is 4.09. The van der Waals surface area contributed by atoms with Crippen LogP contribution >= 0.6 is 0 Å². The maximum Gasteiger partial charge on any atom is 0.355 e. The molecule has 0 amide bonds. The van der Waals surface area contributed by atoms with Crippen LogP contribution in [0.3, 0.4) is 0 Å². The molecule has 10 nitrogen and oxygen atoms in total. The van der Waals surface area contributed by atoms with Gasteiger partial charge in [-0.1, -0.05) is 25.1 Å². The number of carbonyl (C=O) groups excluding carboxylic acids is 2. The van der Waals surface area contributed by atoms with Gasteiger partial charge in [0.15, 0.2) is 11.5 Å². The number of benzene rings is 2. The van der Waals surface area contributed by atoms with Crippen LogP contribution in [0, 0.1) is 0 Å². The first-order valence-corrected chi connectivity index (χ1v) is 14.9. The summed E-state index contributed by atoms with van der Waals surface area (Å²) in [7, 11) is 3.23. The van der Waals surface area contributed by atoms with Gasteiger partial charge in [0.05, 0.1) is 49.7 Å². The lowest BCUT2D eigenvalue weighted by molar-refractivity contribution is -0.189.